The molecule has 26 heavy (non-hydrogen) atoms. The van der Waals surface area contributed by atoms with Crippen molar-refractivity contribution in [2.45, 2.75) is 84.6 Å². The molecule has 5 heteroatoms. The summed E-state index contributed by atoms with van der Waals surface area (Å²) in [5.74, 6) is 1.55. The fraction of sp³-hybridized carbons (Fsp3) is 0.667. The predicted octanol–water partition coefficient (Wildman–Crippen LogP) is 7.32. The van der Waals surface area contributed by atoms with Gasteiger partial charge in [0.1, 0.15) is 5.82 Å². The third-order valence-corrected chi connectivity index (χ3v) is 5.57. The second kappa shape index (κ2) is 7.24. The maximum Gasteiger partial charge on any atom is 0.157 e. The number of halogens is 2. The van der Waals surface area contributed by atoms with E-state index in [1.165, 1.54) is 32.1 Å². The molecule has 144 valence electrons. The van der Waals surface area contributed by atoms with Crippen molar-refractivity contribution in [1.82, 2.24) is 9.38 Å². The summed E-state index contributed by atoms with van der Waals surface area (Å²) in [6.07, 6.45) is 9.25. The number of fused-ring (bicyclic) bond motifs is 1. The molecule has 0 atom stereocenters. The lowest BCUT2D eigenvalue weighted by molar-refractivity contribution is 0.301. The van der Waals surface area contributed by atoms with E-state index in [0.717, 1.165) is 23.6 Å². The van der Waals surface area contributed by atoms with Gasteiger partial charge in [-0.2, -0.15) is 0 Å². The van der Waals surface area contributed by atoms with E-state index >= 15 is 0 Å². The molecular formula is C21H31Cl2N3. The van der Waals surface area contributed by atoms with E-state index in [1.807, 2.05) is 6.20 Å². The third-order valence-electron chi connectivity index (χ3n) is 5.09. The lowest BCUT2D eigenvalue weighted by atomic mass is 9.81. The van der Waals surface area contributed by atoms with Gasteiger partial charge >= 0.3 is 0 Å². The Morgan fingerprint density at radius 2 is 1.77 bits per heavy atom. The summed E-state index contributed by atoms with van der Waals surface area (Å²) in [5, 5.41) is 5.04. The molecule has 0 unspecified atom stereocenters. The number of rotatable bonds is 4. The molecule has 0 radical (unpaired) electrons. The van der Waals surface area contributed by atoms with Gasteiger partial charge in [-0.25, -0.2) is 4.98 Å². The quantitative estimate of drug-likeness (QED) is 0.587. The van der Waals surface area contributed by atoms with Crippen LogP contribution >= 0.6 is 23.2 Å². The zero-order valence-electron chi connectivity index (χ0n) is 16.6. The summed E-state index contributed by atoms with van der Waals surface area (Å²) < 4.78 is 2.05. The first kappa shape index (κ1) is 19.8. The van der Waals surface area contributed by atoms with E-state index in [-0.39, 0.29) is 11.0 Å². The van der Waals surface area contributed by atoms with Gasteiger partial charge in [-0.05, 0) is 44.6 Å². The lowest BCUT2D eigenvalue weighted by Crippen LogP contribution is -2.36. The molecular weight excluding hydrogens is 365 g/mol. The summed E-state index contributed by atoms with van der Waals surface area (Å²) in [5.41, 5.74) is 2.12. The van der Waals surface area contributed by atoms with Crippen molar-refractivity contribution in [1.29, 1.82) is 0 Å². The zero-order valence-corrected chi connectivity index (χ0v) is 18.1. The number of hydrogen-bond acceptors (Lipinski definition) is 2. The van der Waals surface area contributed by atoms with Crippen molar-refractivity contribution in [3.8, 4) is 0 Å². The Hall–Kier alpha value is -0.930. The molecule has 3 nitrogen and oxygen atoms in total. The van der Waals surface area contributed by atoms with Gasteiger partial charge in [-0.3, -0.25) is 4.40 Å². The highest BCUT2D eigenvalue weighted by Crippen LogP contribution is 2.40. The van der Waals surface area contributed by atoms with E-state index in [4.69, 9.17) is 28.2 Å². The molecule has 1 saturated carbocycles. The van der Waals surface area contributed by atoms with Gasteiger partial charge in [0.2, 0.25) is 0 Å². The highest BCUT2D eigenvalue weighted by molar-refractivity contribution is 6.36. The van der Waals surface area contributed by atoms with Crippen molar-refractivity contribution in [3.63, 3.8) is 0 Å². The Labute approximate surface area is 167 Å². The van der Waals surface area contributed by atoms with Crippen LogP contribution in [0.2, 0.25) is 10.0 Å². The van der Waals surface area contributed by atoms with Gasteiger partial charge in [0.05, 0.1) is 15.7 Å². The predicted molar refractivity (Wildman–Crippen MR) is 113 cm³/mol. The van der Waals surface area contributed by atoms with Gasteiger partial charge in [0.25, 0.3) is 0 Å². The summed E-state index contributed by atoms with van der Waals surface area (Å²) in [6, 6.07) is 1.78. The van der Waals surface area contributed by atoms with E-state index in [2.05, 4.69) is 44.3 Å². The number of hydrogen-bond donors (Lipinski definition) is 1. The molecule has 2 heterocycles. The zero-order chi connectivity index (χ0) is 19.1. The first-order chi connectivity index (χ1) is 12.1. The monoisotopic (exact) mass is 395 g/mol. The number of nitrogens with zero attached hydrogens (tertiary/aromatic N) is 2. The molecule has 2 aromatic rings. The number of aromatic nitrogens is 2. The third kappa shape index (κ3) is 4.48. The van der Waals surface area contributed by atoms with Crippen LogP contribution in [0.5, 0.6) is 0 Å². The summed E-state index contributed by atoms with van der Waals surface area (Å²) in [6.45, 7) is 11.4. The number of anilines is 1. The van der Waals surface area contributed by atoms with Crippen LogP contribution in [0.3, 0.4) is 0 Å². The average molecular weight is 396 g/mol. The van der Waals surface area contributed by atoms with Crippen molar-refractivity contribution >= 4 is 34.7 Å². The van der Waals surface area contributed by atoms with Crippen molar-refractivity contribution < 1.29 is 0 Å². The van der Waals surface area contributed by atoms with Crippen molar-refractivity contribution in [3.05, 3.63) is 28.0 Å². The van der Waals surface area contributed by atoms with Crippen LogP contribution in [-0.4, -0.2) is 14.9 Å². The van der Waals surface area contributed by atoms with E-state index in [1.54, 1.807) is 6.07 Å². The van der Waals surface area contributed by atoms with Crippen LogP contribution in [0.1, 0.15) is 84.8 Å². The standard InChI is InChI=1S/C21H31Cl2N3/c1-20(2,3)13-21(4,5)25-19-17(14-9-7-6-8-10-14)24-18-16(23)11-15(22)12-26(18)19/h11-12,14,25H,6-10,13H2,1-5H3. The second-order valence-corrected chi connectivity index (χ2v) is 10.5. The fourth-order valence-corrected chi connectivity index (χ4v) is 5.08. The average Bonchev–Trinajstić information content (AvgIpc) is 2.84. The van der Waals surface area contributed by atoms with E-state index in [0.29, 0.717) is 16.0 Å². The molecule has 0 aromatic carbocycles. The topological polar surface area (TPSA) is 29.3 Å². The molecule has 0 bridgehead atoms. The van der Waals surface area contributed by atoms with Gasteiger partial charge in [-0.15, -0.1) is 0 Å². The smallest absolute Gasteiger partial charge is 0.157 e. The molecule has 1 aliphatic rings. The number of pyridine rings is 1. The number of nitrogens with one attached hydrogen (secondary N) is 1. The highest BCUT2D eigenvalue weighted by atomic mass is 35.5. The summed E-state index contributed by atoms with van der Waals surface area (Å²) in [7, 11) is 0. The van der Waals surface area contributed by atoms with Gasteiger partial charge in [0.15, 0.2) is 5.65 Å². The van der Waals surface area contributed by atoms with Crippen LogP contribution < -0.4 is 5.32 Å². The molecule has 0 saturated heterocycles. The molecule has 0 amide bonds. The van der Waals surface area contributed by atoms with Gasteiger partial charge in [0, 0.05) is 17.7 Å². The maximum absolute atomic E-state index is 6.47. The molecule has 3 rings (SSSR count). The summed E-state index contributed by atoms with van der Waals surface area (Å²) in [4.78, 5) is 4.97. The molecule has 1 N–H and O–H groups in total. The first-order valence-corrected chi connectivity index (χ1v) is 10.5. The Balaban J connectivity index is 2.08. The van der Waals surface area contributed by atoms with Crippen LogP contribution in [0, 0.1) is 5.41 Å². The Kier molecular flexibility index (Phi) is 5.52. The molecule has 1 aliphatic carbocycles. The summed E-state index contributed by atoms with van der Waals surface area (Å²) >= 11 is 12.8. The Morgan fingerprint density at radius 3 is 2.38 bits per heavy atom. The second-order valence-electron chi connectivity index (χ2n) is 9.63. The Morgan fingerprint density at radius 1 is 1.12 bits per heavy atom. The minimum atomic E-state index is -0.0631. The normalized spacial score (nSPS) is 17.0. The first-order valence-electron chi connectivity index (χ1n) is 9.71. The van der Waals surface area contributed by atoms with Crippen LogP contribution in [0.25, 0.3) is 5.65 Å². The van der Waals surface area contributed by atoms with Crippen molar-refractivity contribution in [2.24, 2.45) is 5.41 Å². The lowest BCUT2D eigenvalue weighted by Gasteiger charge is -2.35. The van der Waals surface area contributed by atoms with Crippen LogP contribution in [0.4, 0.5) is 5.82 Å². The SMILES string of the molecule is CC(C)(C)CC(C)(C)Nc1c(C2CCCCC2)nc2c(Cl)cc(Cl)cn12. The van der Waals surface area contributed by atoms with Gasteiger partial charge < -0.3 is 5.32 Å². The number of imidazole rings is 1. The van der Waals surface area contributed by atoms with Crippen LogP contribution in [0.15, 0.2) is 12.3 Å². The minimum absolute atomic E-state index is 0.0631. The largest absolute Gasteiger partial charge is 0.365 e. The van der Waals surface area contributed by atoms with Crippen molar-refractivity contribution in [2.75, 3.05) is 5.32 Å². The molecule has 0 aliphatic heterocycles. The molecule has 1 fully saturated rings. The minimum Gasteiger partial charge on any atom is -0.365 e. The Bertz CT molecular complexity index is 781. The fourth-order valence-electron chi connectivity index (χ4n) is 4.57. The van der Waals surface area contributed by atoms with E-state index < -0.39 is 0 Å². The van der Waals surface area contributed by atoms with E-state index in [9.17, 15) is 0 Å². The van der Waals surface area contributed by atoms with Crippen LogP contribution in [-0.2, 0) is 0 Å². The highest BCUT2D eigenvalue weighted by Gasteiger charge is 2.30. The maximum atomic E-state index is 6.47. The molecule has 0 spiro atoms. The molecule has 2 aromatic heterocycles. The van der Waals surface area contributed by atoms with Gasteiger partial charge in [-0.1, -0.05) is 63.2 Å².